The molecule has 2 heterocycles. The molecule has 0 bridgehead atoms. The highest BCUT2D eigenvalue weighted by Crippen LogP contribution is 2.45. The number of nitrogens with one attached hydrogen (secondary N) is 1. The highest BCUT2D eigenvalue weighted by atomic mass is 35.5. The molecule has 0 spiro atoms. The highest BCUT2D eigenvalue weighted by Gasteiger charge is 2.33. The highest BCUT2D eigenvalue weighted by molar-refractivity contribution is 7.16. The first kappa shape index (κ1) is 28.1. The van der Waals surface area contributed by atoms with Crippen LogP contribution in [-0.4, -0.2) is 17.0 Å². The van der Waals surface area contributed by atoms with Crippen molar-refractivity contribution in [3.63, 3.8) is 0 Å². The summed E-state index contributed by atoms with van der Waals surface area (Å²) in [7, 11) is 0. The molecule has 0 aliphatic heterocycles. The maximum absolute atomic E-state index is 13.6. The van der Waals surface area contributed by atoms with Crippen LogP contribution in [0.2, 0.25) is 10.0 Å². The summed E-state index contributed by atoms with van der Waals surface area (Å²) in [5, 5.41) is 16.0. The first-order chi connectivity index (χ1) is 19.0. The van der Waals surface area contributed by atoms with Gasteiger partial charge in [-0.2, -0.15) is 0 Å². The van der Waals surface area contributed by atoms with Crippen LogP contribution in [0.1, 0.15) is 53.8 Å². The van der Waals surface area contributed by atoms with Gasteiger partial charge in [0, 0.05) is 26.7 Å². The van der Waals surface area contributed by atoms with Crippen molar-refractivity contribution in [2.45, 2.75) is 40.0 Å². The van der Waals surface area contributed by atoms with Gasteiger partial charge in [0.2, 0.25) is 0 Å². The van der Waals surface area contributed by atoms with E-state index in [1.807, 2.05) is 0 Å². The van der Waals surface area contributed by atoms with E-state index in [1.165, 1.54) is 22.3 Å². The fraction of sp³-hybridized carbons (Fsp3) is 0.267. The molecule has 0 fully saturated rings. The molecule has 2 aromatic heterocycles. The number of amides is 1. The van der Waals surface area contributed by atoms with Crippen LogP contribution < -0.4 is 5.32 Å². The lowest BCUT2D eigenvalue weighted by atomic mass is 9.72. The van der Waals surface area contributed by atoms with Gasteiger partial charge in [-0.1, -0.05) is 44.0 Å². The number of fused-ring (bicyclic) bond motifs is 1. The molecule has 206 valence electrons. The Morgan fingerprint density at radius 3 is 2.55 bits per heavy atom. The largest absolute Gasteiger partial charge is 0.455 e. The van der Waals surface area contributed by atoms with Crippen molar-refractivity contribution >= 4 is 63.0 Å². The van der Waals surface area contributed by atoms with Gasteiger partial charge >= 0.3 is 0 Å². The molecule has 40 heavy (non-hydrogen) atoms. The van der Waals surface area contributed by atoms with Crippen molar-refractivity contribution in [3.8, 4) is 11.3 Å². The van der Waals surface area contributed by atoms with E-state index >= 15 is 0 Å². The fourth-order valence-electron chi connectivity index (χ4n) is 4.92. The summed E-state index contributed by atoms with van der Waals surface area (Å²) in [5.41, 5.74) is 2.58. The maximum atomic E-state index is 13.6. The van der Waals surface area contributed by atoms with Crippen LogP contribution in [0.3, 0.4) is 0 Å². The van der Waals surface area contributed by atoms with E-state index in [1.54, 1.807) is 54.7 Å². The zero-order valence-corrected chi connectivity index (χ0v) is 24.5. The van der Waals surface area contributed by atoms with Gasteiger partial charge in [-0.3, -0.25) is 14.9 Å². The van der Waals surface area contributed by atoms with Gasteiger partial charge in [0.15, 0.2) is 0 Å². The lowest BCUT2D eigenvalue weighted by molar-refractivity contribution is -0.384. The predicted molar refractivity (Wildman–Crippen MR) is 162 cm³/mol. The number of anilines is 1. The molecule has 1 atom stereocenters. The predicted octanol–water partition coefficient (Wildman–Crippen LogP) is 9.38. The molecule has 0 saturated carbocycles. The normalized spacial score (nSPS) is 15.3. The zero-order chi connectivity index (χ0) is 28.6. The molecule has 1 aliphatic carbocycles. The Balaban J connectivity index is 1.48. The van der Waals surface area contributed by atoms with E-state index in [0.29, 0.717) is 44.3 Å². The molecular weight excluding hydrogens is 569 g/mol. The second kappa shape index (κ2) is 11.2. The molecule has 2 aromatic carbocycles. The number of halogens is 2. The van der Waals surface area contributed by atoms with Crippen LogP contribution in [0.15, 0.2) is 64.0 Å². The minimum atomic E-state index is -0.496. The molecule has 0 unspecified atom stereocenters. The molecule has 7 nitrogen and oxygen atoms in total. The molecule has 1 amide bonds. The molecule has 1 N–H and O–H groups in total. The van der Waals surface area contributed by atoms with Gasteiger partial charge < -0.3 is 9.73 Å². The Labute approximate surface area is 246 Å². The van der Waals surface area contributed by atoms with Gasteiger partial charge in [-0.05, 0) is 84.7 Å². The van der Waals surface area contributed by atoms with Gasteiger partial charge in [0.1, 0.15) is 16.5 Å². The van der Waals surface area contributed by atoms with Crippen molar-refractivity contribution < 1.29 is 14.1 Å². The van der Waals surface area contributed by atoms with E-state index in [-0.39, 0.29) is 22.0 Å². The average molecular weight is 597 g/mol. The fourth-order valence-corrected chi connectivity index (χ4v) is 6.48. The number of nitrogens with zero attached hydrogens (tertiary/aromatic N) is 2. The van der Waals surface area contributed by atoms with Crippen LogP contribution in [0, 0.1) is 21.4 Å². The van der Waals surface area contributed by atoms with Gasteiger partial charge in [0.05, 0.1) is 22.3 Å². The molecule has 10 heteroatoms. The summed E-state index contributed by atoms with van der Waals surface area (Å²) in [4.78, 5) is 30.5. The van der Waals surface area contributed by atoms with Crippen LogP contribution in [0.5, 0.6) is 0 Å². The Morgan fingerprint density at radius 1 is 1.12 bits per heavy atom. The number of nitro groups is 1. The number of aliphatic imine (C=N–C) groups is 1. The van der Waals surface area contributed by atoms with Gasteiger partial charge in [-0.15, -0.1) is 11.3 Å². The number of benzene rings is 2. The van der Waals surface area contributed by atoms with Crippen molar-refractivity contribution in [2.75, 3.05) is 5.32 Å². The van der Waals surface area contributed by atoms with Crippen molar-refractivity contribution in [2.24, 2.45) is 16.3 Å². The van der Waals surface area contributed by atoms with E-state index in [2.05, 4.69) is 31.1 Å². The van der Waals surface area contributed by atoms with Crippen LogP contribution in [0.4, 0.5) is 16.4 Å². The first-order valence-electron chi connectivity index (χ1n) is 12.8. The summed E-state index contributed by atoms with van der Waals surface area (Å²) >= 11 is 13.5. The second-order valence-corrected chi connectivity index (χ2v) is 12.8. The number of carbonyl (C=O) groups excluding carboxylic acids is 1. The van der Waals surface area contributed by atoms with E-state index in [0.717, 1.165) is 24.8 Å². The Hall–Kier alpha value is -3.46. The number of rotatable bonds is 6. The molecule has 0 radical (unpaired) electrons. The number of furan rings is 1. The summed E-state index contributed by atoms with van der Waals surface area (Å²) in [5.74, 6) is 1.01. The Kier molecular flexibility index (Phi) is 7.86. The maximum Gasteiger partial charge on any atom is 0.281 e. The standard InChI is InChI=1S/C30H27Cl2N3O4S/c1-30(2,3)17-4-11-23-26(14-17)40-29(27(23)28(36)34-20-8-5-18(31)6-9-20)33-16-21-10-13-25(39-21)22-12-7-19(32)15-24(22)35(37)38/h5-10,12-13,15-17H,4,11,14H2,1-3H3,(H,34,36)/t17-/m0/s1. The molecule has 1 aliphatic rings. The second-order valence-electron chi connectivity index (χ2n) is 10.8. The summed E-state index contributed by atoms with van der Waals surface area (Å²) in [6, 6.07) is 14.7. The van der Waals surface area contributed by atoms with E-state index in [4.69, 9.17) is 27.6 Å². The number of thiophene rings is 1. The molecule has 5 rings (SSSR count). The smallest absolute Gasteiger partial charge is 0.281 e. The van der Waals surface area contributed by atoms with Crippen LogP contribution in [0.25, 0.3) is 11.3 Å². The lowest BCUT2D eigenvalue weighted by Crippen LogP contribution is -2.27. The number of hydrogen-bond acceptors (Lipinski definition) is 6. The monoisotopic (exact) mass is 595 g/mol. The lowest BCUT2D eigenvalue weighted by Gasteiger charge is -2.33. The van der Waals surface area contributed by atoms with Crippen molar-refractivity contribution in [1.82, 2.24) is 0 Å². The zero-order valence-electron chi connectivity index (χ0n) is 22.2. The van der Waals surface area contributed by atoms with Crippen molar-refractivity contribution in [1.29, 1.82) is 0 Å². The van der Waals surface area contributed by atoms with Gasteiger partial charge in [0.25, 0.3) is 11.6 Å². The summed E-state index contributed by atoms with van der Waals surface area (Å²) in [6.07, 6.45) is 4.24. The first-order valence-corrected chi connectivity index (χ1v) is 14.4. The quantitative estimate of drug-likeness (QED) is 0.136. The SMILES string of the molecule is CC(C)(C)[C@H]1CCc2c(sc(N=Cc3ccc(-c4ccc(Cl)cc4[N+](=O)[O-])o3)c2C(=O)Nc2ccc(Cl)cc2)C1. The summed E-state index contributed by atoms with van der Waals surface area (Å²) in [6.45, 7) is 6.76. The Bertz CT molecular complexity index is 1620. The van der Waals surface area contributed by atoms with E-state index < -0.39 is 4.92 Å². The Morgan fingerprint density at radius 2 is 1.85 bits per heavy atom. The van der Waals surface area contributed by atoms with Crippen LogP contribution >= 0.6 is 34.5 Å². The minimum absolute atomic E-state index is 0.147. The average Bonchev–Trinajstić information content (AvgIpc) is 3.52. The number of carbonyl (C=O) groups is 1. The minimum Gasteiger partial charge on any atom is -0.455 e. The third-order valence-corrected chi connectivity index (χ3v) is 8.81. The van der Waals surface area contributed by atoms with Gasteiger partial charge in [-0.25, -0.2) is 4.99 Å². The topological polar surface area (TPSA) is 97.7 Å². The van der Waals surface area contributed by atoms with Crippen LogP contribution in [-0.2, 0) is 12.8 Å². The summed E-state index contributed by atoms with van der Waals surface area (Å²) < 4.78 is 5.89. The number of hydrogen-bond donors (Lipinski definition) is 1. The third-order valence-electron chi connectivity index (χ3n) is 7.16. The van der Waals surface area contributed by atoms with Crippen molar-refractivity contribution in [3.05, 3.63) is 96.5 Å². The molecule has 4 aromatic rings. The number of nitro benzene ring substituents is 1. The van der Waals surface area contributed by atoms with E-state index in [9.17, 15) is 14.9 Å². The molecular formula is C30H27Cl2N3O4S. The third kappa shape index (κ3) is 5.99. The molecule has 0 saturated heterocycles.